The molecule has 1 unspecified atom stereocenters. The van der Waals surface area contributed by atoms with E-state index in [1.807, 2.05) is 13.8 Å². The predicted octanol–water partition coefficient (Wildman–Crippen LogP) is 2.74. The summed E-state index contributed by atoms with van der Waals surface area (Å²) >= 11 is 6.39. The lowest BCUT2D eigenvalue weighted by molar-refractivity contribution is 0.849. The molecule has 0 rings (SSSR count). The van der Waals surface area contributed by atoms with E-state index in [4.69, 9.17) is 5.41 Å². The number of hydrogen-bond acceptors (Lipinski definition) is 2. The zero-order valence-electron chi connectivity index (χ0n) is 5.69. The Morgan fingerprint density at radius 3 is 2.22 bits per heavy atom. The second-order valence-electron chi connectivity index (χ2n) is 2.32. The highest BCUT2D eigenvalue weighted by atomic mass is 127. The third-order valence-corrected chi connectivity index (χ3v) is 1.71. The van der Waals surface area contributed by atoms with Crippen LogP contribution >= 0.6 is 35.2 Å². The molecule has 0 aromatic carbocycles. The summed E-state index contributed by atoms with van der Waals surface area (Å²) in [5.41, 5.74) is 0.796. The maximum absolute atomic E-state index is 7.42. The van der Waals surface area contributed by atoms with Crippen molar-refractivity contribution < 1.29 is 0 Å². The first-order valence-electron chi connectivity index (χ1n) is 2.93. The Labute approximate surface area is 75.7 Å². The summed E-state index contributed by atoms with van der Waals surface area (Å²) in [5, 5.41) is 7.42. The summed E-state index contributed by atoms with van der Waals surface area (Å²) in [6.45, 7) is 4.07. The van der Waals surface area contributed by atoms with Crippen molar-refractivity contribution in [2.75, 3.05) is 0 Å². The molecule has 0 aromatic heterocycles. The Morgan fingerprint density at radius 2 is 2.11 bits per heavy atom. The highest BCUT2D eigenvalue weighted by Gasteiger charge is 2.05. The topological polar surface area (TPSA) is 23.9 Å². The van der Waals surface area contributed by atoms with E-state index in [9.17, 15) is 0 Å². The van der Waals surface area contributed by atoms with E-state index in [-0.39, 0.29) is 0 Å². The van der Waals surface area contributed by atoms with Gasteiger partial charge in [0.1, 0.15) is 0 Å². The van der Waals surface area contributed by atoms with Crippen molar-refractivity contribution in [1.82, 2.24) is 0 Å². The maximum Gasteiger partial charge on any atom is 0.0586 e. The van der Waals surface area contributed by atoms with Crippen molar-refractivity contribution in [2.45, 2.75) is 23.5 Å². The molecule has 0 amide bonds. The quantitative estimate of drug-likeness (QED) is 0.336. The van der Waals surface area contributed by atoms with Crippen LogP contribution in [-0.4, -0.2) is 8.97 Å². The summed E-state index contributed by atoms with van der Waals surface area (Å²) in [5.74, 6) is 0.384. The molecule has 9 heavy (non-hydrogen) atoms. The van der Waals surface area contributed by atoms with Gasteiger partial charge in [-0.05, 0) is 5.92 Å². The van der Waals surface area contributed by atoms with Crippen LogP contribution in [0.5, 0.6) is 0 Å². The molecule has 0 aliphatic rings. The van der Waals surface area contributed by atoms with Gasteiger partial charge in [0, 0.05) is 12.1 Å². The van der Waals surface area contributed by atoms with Crippen molar-refractivity contribution in [3.05, 3.63) is 0 Å². The monoisotopic (exact) mass is 257 g/mol. The van der Waals surface area contributed by atoms with Crippen molar-refractivity contribution in [3.8, 4) is 0 Å². The smallest absolute Gasteiger partial charge is 0.0586 e. The first-order valence-corrected chi connectivity index (χ1v) is 4.69. The van der Waals surface area contributed by atoms with E-state index in [2.05, 4.69) is 35.2 Å². The SMILES string of the molecule is CC(C)C(=N)CC(S)I. The molecule has 1 atom stereocenters. The molecule has 0 aliphatic heterocycles. The van der Waals surface area contributed by atoms with Crippen LogP contribution < -0.4 is 0 Å². The van der Waals surface area contributed by atoms with E-state index in [0.29, 0.717) is 9.17 Å². The normalized spacial score (nSPS) is 13.9. The highest BCUT2D eigenvalue weighted by molar-refractivity contribution is 14.1. The van der Waals surface area contributed by atoms with Gasteiger partial charge in [-0.25, -0.2) is 0 Å². The van der Waals surface area contributed by atoms with Crippen LogP contribution in [0.25, 0.3) is 0 Å². The number of rotatable bonds is 3. The van der Waals surface area contributed by atoms with Crippen LogP contribution in [0.3, 0.4) is 0 Å². The highest BCUT2D eigenvalue weighted by Crippen LogP contribution is 2.13. The van der Waals surface area contributed by atoms with Gasteiger partial charge in [0.25, 0.3) is 0 Å². The number of halogens is 1. The van der Waals surface area contributed by atoms with Gasteiger partial charge < -0.3 is 5.41 Å². The molecule has 0 spiro atoms. The van der Waals surface area contributed by atoms with Crippen molar-refractivity contribution >= 4 is 40.9 Å². The van der Waals surface area contributed by atoms with Crippen LogP contribution in [0.2, 0.25) is 0 Å². The van der Waals surface area contributed by atoms with Gasteiger partial charge in [0.15, 0.2) is 0 Å². The zero-order valence-corrected chi connectivity index (χ0v) is 8.74. The summed E-state index contributed by atoms with van der Waals surface area (Å²) in [7, 11) is 0. The second-order valence-corrected chi connectivity index (χ2v) is 5.43. The molecule has 54 valence electrons. The van der Waals surface area contributed by atoms with Gasteiger partial charge in [0.2, 0.25) is 0 Å². The standard InChI is InChI=1S/C6H12INS/c1-4(2)5(8)3-6(7)9/h4,6,8-9H,3H2,1-2H3. The fourth-order valence-electron chi connectivity index (χ4n) is 0.417. The minimum absolute atomic E-state index is 0.303. The van der Waals surface area contributed by atoms with E-state index < -0.39 is 0 Å². The van der Waals surface area contributed by atoms with Crippen LogP contribution in [0.1, 0.15) is 20.3 Å². The molecule has 0 saturated heterocycles. The molecule has 0 saturated carbocycles. The molecule has 0 fully saturated rings. The first-order chi connectivity index (χ1) is 4.04. The van der Waals surface area contributed by atoms with Gasteiger partial charge in [-0.1, -0.05) is 36.4 Å². The van der Waals surface area contributed by atoms with Crippen LogP contribution in [-0.2, 0) is 0 Å². The Morgan fingerprint density at radius 1 is 1.67 bits per heavy atom. The average molecular weight is 257 g/mol. The molecule has 0 aliphatic carbocycles. The molecule has 0 aromatic rings. The summed E-state index contributed by atoms with van der Waals surface area (Å²) in [6.07, 6.45) is 0.807. The lowest BCUT2D eigenvalue weighted by Gasteiger charge is -2.07. The molecular formula is C6H12INS. The second kappa shape index (κ2) is 4.55. The number of alkyl halides is 1. The largest absolute Gasteiger partial charge is 0.309 e. The third kappa shape index (κ3) is 5.21. The Kier molecular flexibility index (Phi) is 4.93. The average Bonchev–Trinajstić information content (AvgIpc) is 1.63. The minimum atomic E-state index is 0.303. The van der Waals surface area contributed by atoms with Gasteiger partial charge in [0.05, 0.1) is 3.26 Å². The maximum atomic E-state index is 7.42. The Hall–Kier alpha value is 0.750. The predicted molar refractivity (Wildman–Crippen MR) is 54.0 cm³/mol. The van der Waals surface area contributed by atoms with Gasteiger partial charge in [-0.3, -0.25) is 0 Å². The molecule has 0 bridgehead atoms. The van der Waals surface area contributed by atoms with Crippen LogP contribution in [0.4, 0.5) is 0 Å². The van der Waals surface area contributed by atoms with E-state index in [1.165, 1.54) is 0 Å². The lowest BCUT2D eigenvalue weighted by atomic mass is 10.1. The fourth-order valence-corrected chi connectivity index (χ4v) is 1.09. The minimum Gasteiger partial charge on any atom is -0.309 e. The number of nitrogens with one attached hydrogen (secondary N) is 1. The van der Waals surface area contributed by atoms with Crippen molar-refractivity contribution in [3.63, 3.8) is 0 Å². The molecule has 0 heterocycles. The zero-order chi connectivity index (χ0) is 7.44. The number of hydrogen-bond donors (Lipinski definition) is 2. The van der Waals surface area contributed by atoms with E-state index in [0.717, 1.165) is 12.1 Å². The third-order valence-electron chi connectivity index (χ3n) is 1.09. The van der Waals surface area contributed by atoms with E-state index >= 15 is 0 Å². The van der Waals surface area contributed by atoms with Gasteiger partial charge in [-0.15, -0.1) is 0 Å². The molecular weight excluding hydrogens is 245 g/mol. The summed E-state index contributed by atoms with van der Waals surface area (Å²) in [6, 6.07) is 0. The molecule has 1 N–H and O–H groups in total. The van der Waals surface area contributed by atoms with Crippen LogP contribution in [0, 0.1) is 11.3 Å². The fraction of sp³-hybridized carbons (Fsp3) is 0.833. The Balaban J connectivity index is 3.51. The molecule has 1 nitrogen and oxygen atoms in total. The number of thiol groups is 1. The molecule has 3 heteroatoms. The first kappa shape index (κ1) is 9.75. The van der Waals surface area contributed by atoms with Gasteiger partial charge >= 0.3 is 0 Å². The van der Waals surface area contributed by atoms with E-state index in [1.54, 1.807) is 0 Å². The molecule has 0 radical (unpaired) electrons. The van der Waals surface area contributed by atoms with Crippen molar-refractivity contribution in [2.24, 2.45) is 5.92 Å². The van der Waals surface area contributed by atoms with Gasteiger partial charge in [-0.2, -0.15) is 12.6 Å². The van der Waals surface area contributed by atoms with Crippen LogP contribution in [0.15, 0.2) is 0 Å². The Bertz CT molecular complexity index is 101. The summed E-state index contributed by atoms with van der Waals surface area (Å²) < 4.78 is 0.303. The van der Waals surface area contributed by atoms with Crippen molar-refractivity contribution in [1.29, 1.82) is 5.41 Å². The lowest BCUT2D eigenvalue weighted by Crippen LogP contribution is -2.08. The summed E-state index contributed by atoms with van der Waals surface area (Å²) in [4.78, 5) is 0.